The van der Waals surface area contributed by atoms with E-state index in [-0.39, 0.29) is 0 Å². The van der Waals surface area contributed by atoms with Gasteiger partial charge in [-0.05, 0) is 30.4 Å². The summed E-state index contributed by atoms with van der Waals surface area (Å²) in [6.45, 7) is 8.92. The Morgan fingerprint density at radius 2 is 2.12 bits per heavy atom. The van der Waals surface area contributed by atoms with Crippen LogP contribution in [0.15, 0.2) is 18.2 Å². The molecule has 17 heavy (non-hydrogen) atoms. The SMILES string of the molecule is Cc1cccc(C(N)=S)c1N1CCC(C)(C)C1. The van der Waals surface area contributed by atoms with Gasteiger partial charge in [-0.15, -0.1) is 0 Å². The number of para-hydroxylation sites is 1. The van der Waals surface area contributed by atoms with Crippen molar-refractivity contribution >= 4 is 22.9 Å². The Morgan fingerprint density at radius 3 is 2.65 bits per heavy atom. The first kappa shape index (κ1) is 12.4. The molecule has 1 aliphatic rings. The molecule has 0 bridgehead atoms. The van der Waals surface area contributed by atoms with E-state index in [1.807, 2.05) is 12.1 Å². The minimum Gasteiger partial charge on any atom is -0.389 e. The van der Waals surface area contributed by atoms with E-state index in [1.165, 1.54) is 17.7 Å². The molecule has 92 valence electrons. The summed E-state index contributed by atoms with van der Waals surface area (Å²) in [5, 5.41) is 0. The van der Waals surface area contributed by atoms with Crippen LogP contribution in [-0.2, 0) is 0 Å². The molecule has 1 aromatic carbocycles. The van der Waals surface area contributed by atoms with Crippen molar-refractivity contribution in [3.8, 4) is 0 Å². The number of hydrogen-bond donors (Lipinski definition) is 1. The standard InChI is InChI=1S/C14H20N2S/c1-10-5-4-6-11(13(15)17)12(10)16-8-7-14(2,3)9-16/h4-6H,7-9H2,1-3H3,(H2,15,17). The highest BCUT2D eigenvalue weighted by Crippen LogP contribution is 2.35. The third kappa shape index (κ3) is 2.44. The van der Waals surface area contributed by atoms with Gasteiger partial charge in [0.2, 0.25) is 0 Å². The van der Waals surface area contributed by atoms with E-state index < -0.39 is 0 Å². The number of anilines is 1. The average Bonchev–Trinajstić information content (AvgIpc) is 2.58. The summed E-state index contributed by atoms with van der Waals surface area (Å²) < 4.78 is 0. The molecule has 0 aliphatic carbocycles. The lowest BCUT2D eigenvalue weighted by Gasteiger charge is -2.25. The predicted octanol–water partition coefficient (Wildman–Crippen LogP) is 2.87. The molecule has 0 spiro atoms. The lowest BCUT2D eigenvalue weighted by molar-refractivity contribution is 0.418. The quantitative estimate of drug-likeness (QED) is 0.816. The molecule has 2 nitrogen and oxygen atoms in total. The van der Waals surface area contributed by atoms with Crippen molar-refractivity contribution in [3.63, 3.8) is 0 Å². The van der Waals surface area contributed by atoms with E-state index in [4.69, 9.17) is 18.0 Å². The number of nitrogens with two attached hydrogens (primary N) is 1. The zero-order valence-corrected chi connectivity index (χ0v) is 11.6. The van der Waals surface area contributed by atoms with Gasteiger partial charge in [-0.2, -0.15) is 0 Å². The molecular weight excluding hydrogens is 228 g/mol. The summed E-state index contributed by atoms with van der Waals surface area (Å²) in [6.07, 6.45) is 1.22. The van der Waals surface area contributed by atoms with E-state index >= 15 is 0 Å². The fourth-order valence-electron chi connectivity index (χ4n) is 2.58. The topological polar surface area (TPSA) is 29.3 Å². The van der Waals surface area contributed by atoms with Crippen LogP contribution < -0.4 is 10.6 Å². The van der Waals surface area contributed by atoms with Crippen molar-refractivity contribution in [3.05, 3.63) is 29.3 Å². The molecule has 1 fully saturated rings. The van der Waals surface area contributed by atoms with Crippen LogP contribution in [0.1, 0.15) is 31.4 Å². The fraction of sp³-hybridized carbons (Fsp3) is 0.500. The molecule has 0 unspecified atom stereocenters. The maximum Gasteiger partial charge on any atom is 0.106 e. The van der Waals surface area contributed by atoms with Crippen LogP contribution in [0.3, 0.4) is 0 Å². The zero-order chi connectivity index (χ0) is 12.6. The second-order valence-corrected chi connectivity index (χ2v) is 6.11. The molecule has 3 heteroatoms. The van der Waals surface area contributed by atoms with Crippen molar-refractivity contribution in [2.75, 3.05) is 18.0 Å². The number of thiocarbonyl (C=S) groups is 1. The highest BCUT2D eigenvalue weighted by atomic mass is 32.1. The molecule has 0 saturated carbocycles. The summed E-state index contributed by atoms with van der Waals surface area (Å²) in [4.78, 5) is 2.91. The third-order valence-corrected chi connectivity index (χ3v) is 3.72. The van der Waals surface area contributed by atoms with Crippen LogP contribution in [-0.4, -0.2) is 18.1 Å². The summed E-state index contributed by atoms with van der Waals surface area (Å²) in [6, 6.07) is 6.17. The lowest BCUT2D eigenvalue weighted by atomic mass is 9.93. The van der Waals surface area contributed by atoms with Gasteiger partial charge in [0.25, 0.3) is 0 Å². The van der Waals surface area contributed by atoms with Gasteiger partial charge in [0.05, 0.1) is 0 Å². The second kappa shape index (κ2) is 4.30. The number of hydrogen-bond acceptors (Lipinski definition) is 2. The summed E-state index contributed by atoms with van der Waals surface area (Å²) in [5.41, 5.74) is 9.70. The molecular formula is C14H20N2S. The Kier molecular flexibility index (Phi) is 3.13. The van der Waals surface area contributed by atoms with Gasteiger partial charge < -0.3 is 10.6 Å². The number of nitrogens with zero attached hydrogens (tertiary/aromatic N) is 1. The third-order valence-electron chi connectivity index (χ3n) is 3.50. The van der Waals surface area contributed by atoms with Gasteiger partial charge in [0, 0.05) is 24.3 Å². The normalized spacial score (nSPS) is 18.4. The molecule has 2 rings (SSSR count). The van der Waals surface area contributed by atoms with E-state index in [0.717, 1.165) is 18.7 Å². The van der Waals surface area contributed by atoms with Crippen molar-refractivity contribution < 1.29 is 0 Å². The molecule has 1 aliphatic heterocycles. The lowest BCUT2D eigenvalue weighted by Crippen LogP contribution is -2.26. The molecule has 1 aromatic rings. The maximum absolute atomic E-state index is 5.82. The average molecular weight is 248 g/mol. The summed E-state index contributed by atoms with van der Waals surface area (Å²) >= 11 is 5.15. The Labute approximate surface area is 109 Å². The minimum absolute atomic E-state index is 0.385. The number of aryl methyl sites for hydroxylation is 1. The molecule has 0 radical (unpaired) electrons. The zero-order valence-electron chi connectivity index (χ0n) is 10.8. The molecule has 2 N–H and O–H groups in total. The van der Waals surface area contributed by atoms with Crippen LogP contribution >= 0.6 is 12.2 Å². The van der Waals surface area contributed by atoms with E-state index in [0.29, 0.717) is 10.4 Å². The maximum atomic E-state index is 5.82. The van der Waals surface area contributed by atoms with Gasteiger partial charge in [0.15, 0.2) is 0 Å². The van der Waals surface area contributed by atoms with Gasteiger partial charge in [0.1, 0.15) is 4.99 Å². The van der Waals surface area contributed by atoms with E-state index in [2.05, 4.69) is 31.7 Å². The molecule has 1 saturated heterocycles. The van der Waals surface area contributed by atoms with Crippen molar-refractivity contribution in [2.45, 2.75) is 27.2 Å². The van der Waals surface area contributed by atoms with Gasteiger partial charge in [-0.3, -0.25) is 0 Å². The summed E-state index contributed by atoms with van der Waals surface area (Å²) in [7, 11) is 0. The van der Waals surface area contributed by atoms with Gasteiger partial charge in [-0.25, -0.2) is 0 Å². The highest BCUT2D eigenvalue weighted by Gasteiger charge is 2.31. The van der Waals surface area contributed by atoms with Crippen molar-refractivity contribution in [1.82, 2.24) is 0 Å². The van der Waals surface area contributed by atoms with Crippen LogP contribution in [0.2, 0.25) is 0 Å². The Hall–Kier alpha value is -1.09. The molecule has 0 atom stereocenters. The van der Waals surface area contributed by atoms with Crippen LogP contribution in [0.25, 0.3) is 0 Å². The molecule has 1 heterocycles. The smallest absolute Gasteiger partial charge is 0.106 e. The van der Waals surface area contributed by atoms with Crippen LogP contribution in [0.5, 0.6) is 0 Å². The van der Waals surface area contributed by atoms with Crippen molar-refractivity contribution in [1.29, 1.82) is 0 Å². The van der Waals surface area contributed by atoms with Gasteiger partial charge >= 0.3 is 0 Å². The monoisotopic (exact) mass is 248 g/mol. The Balaban J connectivity index is 2.42. The Bertz CT molecular complexity index is 452. The van der Waals surface area contributed by atoms with Crippen LogP contribution in [0, 0.1) is 12.3 Å². The number of benzene rings is 1. The van der Waals surface area contributed by atoms with E-state index in [9.17, 15) is 0 Å². The first-order valence-electron chi connectivity index (χ1n) is 6.05. The van der Waals surface area contributed by atoms with Crippen LogP contribution in [0.4, 0.5) is 5.69 Å². The van der Waals surface area contributed by atoms with Crippen molar-refractivity contribution in [2.24, 2.45) is 11.1 Å². The first-order valence-corrected chi connectivity index (χ1v) is 6.46. The highest BCUT2D eigenvalue weighted by molar-refractivity contribution is 7.80. The summed E-state index contributed by atoms with van der Waals surface area (Å²) in [5.74, 6) is 0. The molecule has 0 amide bonds. The number of rotatable bonds is 2. The Morgan fingerprint density at radius 1 is 1.41 bits per heavy atom. The largest absolute Gasteiger partial charge is 0.389 e. The predicted molar refractivity (Wildman–Crippen MR) is 77.7 cm³/mol. The van der Waals surface area contributed by atoms with Gasteiger partial charge in [-0.1, -0.05) is 38.2 Å². The molecule has 0 aromatic heterocycles. The second-order valence-electron chi connectivity index (χ2n) is 5.67. The minimum atomic E-state index is 0.385. The fourth-order valence-corrected chi connectivity index (χ4v) is 2.75. The van der Waals surface area contributed by atoms with E-state index in [1.54, 1.807) is 0 Å². The first-order chi connectivity index (χ1) is 7.91.